The second-order valence-electron chi connectivity index (χ2n) is 5.86. The smallest absolute Gasteiger partial charge is 0.210 e. The molecule has 1 saturated carbocycles. The molecule has 0 amide bonds. The molecule has 7 heteroatoms. The molecule has 1 aliphatic carbocycles. The van der Waals surface area contributed by atoms with E-state index in [4.69, 9.17) is 23.2 Å². The summed E-state index contributed by atoms with van der Waals surface area (Å²) in [6.07, 6.45) is 4.24. The first-order valence-corrected chi connectivity index (χ1v) is 10.5. The third-order valence-corrected chi connectivity index (χ3v) is 7.62. The van der Waals surface area contributed by atoms with Crippen molar-refractivity contribution in [2.24, 2.45) is 0 Å². The molecular weight excluding hydrogens is 373 g/mol. The lowest BCUT2D eigenvalue weighted by Gasteiger charge is -2.28. The van der Waals surface area contributed by atoms with E-state index >= 15 is 0 Å². The lowest BCUT2D eigenvalue weighted by atomic mass is 9.85. The minimum absolute atomic E-state index is 0.0333. The highest BCUT2D eigenvalue weighted by Crippen LogP contribution is 2.43. The first-order valence-electron chi connectivity index (χ1n) is 7.42. The van der Waals surface area contributed by atoms with Crippen LogP contribution in [0.2, 0.25) is 10.0 Å². The molecule has 1 aromatic carbocycles. The maximum Gasteiger partial charge on any atom is 0.242 e. The summed E-state index contributed by atoms with van der Waals surface area (Å²) in [5.41, 5.74) is -0.105. The van der Waals surface area contributed by atoms with Gasteiger partial charge in [0.25, 0.3) is 0 Å². The first kappa shape index (κ1) is 17.2. The average Bonchev–Trinajstić information content (AvgIpc) is 3.19. The van der Waals surface area contributed by atoms with Crippen LogP contribution in [0.3, 0.4) is 0 Å². The Morgan fingerprint density at radius 1 is 1.17 bits per heavy atom. The zero-order chi connectivity index (χ0) is 16.5. The van der Waals surface area contributed by atoms with E-state index in [1.54, 1.807) is 17.4 Å². The summed E-state index contributed by atoms with van der Waals surface area (Å²) >= 11 is 13.6. The molecular formula is C16H17Cl2NO2S2. The van der Waals surface area contributed by atoms with Gasteiger partial charge in [-0.3, -0.25) is 0 Å². The van der Waals surface area contributed by atoms with Gasteiger partial charge in [0.05, 0.1) is 5.02 Å². The van der Waals surface area contributed by atoms with Crippen LogP contribution in [0.25, 0.3) is 0 Å². The molecule has 1 aliphatic rings. The number of benzene rings is 1. The molecule has 0 spiro atoms. The van der Waals surface area contributed by atoms with Gasteiger partial charge in [0.1, 0.15) is 4.90 Å². The maximum atomic E-state index is 12.6. The quantitative estimate of drug-likeness (QED) is 0.794. The molecule has 0 atom stereocenters. The van der Waals surface area contributed by atoms with E-state index in [0.29, 0.717) is 11.6 Å². The largest absolute Gasteiger partial charge is 0.242 e. The summed E-state index contributed by atoms with van der Waals surface area (Å²) in [6, 6.07) is 8.58. The SMILES string of the molecule is O=S(=O)(NCC1(c2cccs2)CCCC1)c1cc(Cl)ccc1Cl. The molecule has 0 saturated heterocycles. The summed E-state index contributed by atoms with van der Waals surface area (Å²) in [7, 11) is -3.69. The Bertz CT molecular complexity index is 782. The lowest BCUT2D eigenvalue weighted by Crippen LogP contribution is -2.38. The predicted molar refractivity (Wildman–Crippen MR) is 96.1 cm³/mol. The van der Waals surface area contributed by atoms with Crippen LogP contribution in [0, 0.1) is 0 Å². The van der Waals surface area contributed by atoms with Gasteiger partial charge in [-0.2, -0.15) is 0 Å². The van der Waals surface area contributed by atoms with Crippen molar-refractivity contribution >= 4 is 44.6 Å². The number of nitrogens with one attached hydrogen (secondary N) is 1. The van der Waals surface area contributed by atoms with Crippen LogP contribution in [-0.2, 0) is 15.4 Å². The molecule has 1 fully saturated rings. The lowest BCUT2D eigenvalue weighted by molar-refractivity contribution is 0.440. The summed E-state index contributed by atoms with van der Waals surface area (Å²) in [5, 5.41) is 2.57. The fraction of sp³-hybridized carbons (Fsp3) is 0.375. The fourth-order valence-corrected chi connectivity index (χ4v) is 6.01. The van der Waals surface area contributed by atoms with Crippen LogP contribution >= 0.6 is 34.5 Å². The van der Waals surface area contributed by atoms with Crippen LogP contribution in [0.5, 0.6) is 0 Å². The van der Waals surface area contributed by atoms with Crippen LogP contribution in [0.1, 0.15) is 30.6 Å². The van der Waals surface area contributed by atoms with Crippen LogP contribution in [0.4, 0.5) is 0 Å². The summed E-state index contributed by atoms with van der Waals surface area (Å²) in [4.78, 5) is 1.28. The highest BCUT2D eigenvalue weighted by atomic mass is 35.5. The van der Waals surface area contributed by atoms with Gasteiger partial charge in [0, 0.05) is 21.9 Å². The van der Waals surface area contributed by atoms with E-state index in [1.165, 1.54) is 17.0 Å². The second-order valence-corrected chi connectivity index (χ2v) is 9.39. The number of hydrogen-bond donors (Lipinski definition) is 1. The predicted octanol–water partition coefficient (Wildman–Crippen LogP) is 4.85. The van der Waals surface area contributed by atoms with Gasteiger partial charge in [-0.1, -0.05) is 42.1 Å². The van der Waals surface area contributed by atoms with Crippen molar-refractivity contribution in [3.8, 4) is 0 Å². The van der Waals surface area contributed by atoms with Gasteiger partial charge < -0.3 is 0 Å². The highest BCUT2D eigenvalue weighted by Gasteiger charge is 2.37. The number of rotatable bonds is 5. The number of hydrogen-bond acceptors (Lipinski definition) is 3. The van der Waals surface area contributed by atoms with Crippen molar-refractivity contribution in [2.45, 2.75) is 36.0 Å². The van der Waals surface area contributed by atoms with E-state index in [-0.39, 0.29) is 15.3 Å². The zero-order valence-electron chi connectivity index (χ0n) is 12.4. The molecule has 23 heavy (non-hydrogen) atoms. The molecule has 0 aliphatic heterocycles. The first-order chi connectivity index (χ1) is 10.9. The minimum Gasteiger partial charge on any atom is -0.210 e. The summed E-state index contributed by atoms with van der Waals surface area (Å²) in [6.45, 7) is 0.388. The molecule has 1 aromatic heterocycles. The normalized spacial score (nSPS) is 17.5. The van der Waals surface area contributed by atoms with Gasteiger partial charge in [-0.15, -0.1) is 11.3 Å². The van der Waals surface area contributed by atoms with Crippen molar-refractivity contribution in [3.63, 3.8) is 0 Å². The van der Waals surface area contributed by atoms with E-state index in [1.807, 2.05) is 11.4 Å². The van der Waals surface area contributed by atoms with Crippen molar-refractivity contribution in [1.82, 2.24) is 4.72 Å². The van der Waals surface area contributed by atoms with E-state index in [9.17, 15) is 8.42 Å². The number of sulfonamides is 1. The van der Waals surface area contributed by atoms with Crippen LogP contribution < -0.4 is 4.72 Å². The Morgan fingerprint density at radius 2 is 1.91 bits per heavy atom. The fourth-order valence-electron chi connectivity index (χ4n) is 3.14. The second kappa shape index (κ2) is 6.73. The van der Waals surface area contributed by atoms with Crippen LogP contribution in [-0.4, -0.2) is 15.0 Å². The molecule has 0 bridgehead atoms. The molecule has 0 unspecified atom stereocenters. The minimum atomic E-state index is -3.69. The van der Waals surface area contributed by atoms with E-state index in [2.05, 4.69) is 10.8 Å². The molecule has 2 aromatic rings. The number of thiophene rings is 1. The average molecular weight is 390 g/mol. The Kier molecular flexibility index (Phi) is 5.04. The van der Waals surface area contributed by atoms with Gasteiger partial charge >= 0.3 is 0 Å². The molecule has 1 heterocycles. The van der Waals surface area contributed by atoms with Gasteiger partial charge in [0.15, 0.2) is 0 Å². The van der Waals surface area contributed by atoms with Gasteiger partial charge in [0.2, 0.25) is 10.0 Å². The molecule has 1 N–H and O–H groups in total. The van der Waals surface area contributed by atoms with Crippen LogP contribution in [0.15, 0.2) is 40.6 Å². The Balaban J connectivity index is 1.85. The van der Waals surface area contributed by atoms with Gasteiger partial charge in [-0.25, -0.2) is 13.1 Å². The Morgan fingerprint density at radius 3 is 2.57 bits per heavy atom. The van der Waals surface area contributed by atoms with Crippen molar-refractivity contribution in [3.05, 3.63) is 50.6 Å². The summed E-state index contributed by atoms with van der Waals surface area (Å²) in [5.74, 6) is 0. The maximum absolute atomic E-state index is 12.6. The Hall–Kier alpha value is -0.590. The van der Waals surface area contributed by atoms with E-state index in [0.717, 1.165) is 25.7 Å². The molecule has 3 nitrogen and oxygen atoms in total. The standard InChI is InChI=1S/C16H17Cl2NO2S2/c17-12-5-6-13(18)14(10-12)23(20,21)19-11-16(7-1-2-8-16)15-4-3-9-22-15/h3-6,9-10,19H,1-2,7-8,11H2. The topological polar surface area (TPSA) is 46.2 Å². The summed E-state index contributed by atoms with van der Waals surface area (Å²) < 4.78 is 28.0. The van der Waals surface area contributed by atoms with Crippen molar-refractivity contribution in [1.29, 1.82) is 0 Å². The van der Waals surface area contributed by atoms with Crippen molar-refractivity contribution < 1.29 is 8.42 Å². The molecule has 124 valence electrons. The number of halogens is 2. The van der Waals surface area contributed by atoms with Crippen molar-refractivity contribution in [2.75, 3.05) is 6.54 Å². The monoisotopic (exact) mass is 389 g/mol. The highest BCUT2D eigenvalue weighted by molar-refractivity contribution is 7.89. The van der Waals surface area contributed by atoms with E-state index < -0.39 is 10.0 Å². The zero-order valence-corrected chi connectivity index (χ0v) is 15.5. The molecule has 0 radical (unpaired) electrons. The van der Waals surface area contributed by atoms with Gasteiger partial charge in [-0.05, 0) is 42.5 Å². The Labute approximate surface area is 150 Å². The third-order valence-electron chi connectivity index (χ3n) is 4.39. The molecule has 3 rings (SSSR count). The third kappa shape index (κ3) is 3.59.